The maximum atomic E-state index is 6.72. The van der Waals surface area contributed by atoms with Gasteiger partial charge in [-0.25, -0.2) is 0 Å². The van der Waals surface area contributed by atoms with E-state index in [2.05, 4.69) is 204 Å². The lowest BCUT2D eigenvalue weighted by atomic mass is 9.91. The number of aromatic nitrogens is 1. The van der Waals surface area contributed by atoms with Crippen molar-refractivity contribution in [3.05, 3.63) is 200 Å². The summed E-state index contributed by atoms with van der Waals surface area (Å²) in [7, 11) is 0. The normalized spacial score (nSPS) is 16.1. The minimum absolute atomic E-state index is 0.245. The van der Waals surface area contributed by atoms with Crippen LogP contribution in [-0.2, 0) is 0 Å². The fourth-order valence-corrected chi connectivity index (χ4v) is 9.96. The minimum Gasteiger partial charge on any atom is -0.455 e. The number of hydrogen-bond acceptors (Lipinski definition) is 3. The first kappa shape index (κ1) is 31.6. The van der Waals surface area contributed by atoms with Crippen LogP contribution in [0, 0.1) is 0 Å². The number of hydrogen-bond donors (Lipinski definition) is 0. The molecule has 4 heteroatoms. The third kappa shape index (κ3) is 4.45. The van der Waals surface area contributed by atoms with Gasteiger partial charge in [-0.1, -0.05) is 133 Å². The van der Waals surface area contributed by atoms with Gasteiger partial charge in [0.25, 0.3) is 0 Å². The summed E-state index contributed by atoms with van der Waals surface area (Å²) in [6.07, 6.45) is 8.99. The zero-order valence-electron chi connectivity index (χ0n) is 31.3. The fourth-order valence-electron chi connectivity index (χ4n) is 9.96. The summed E-state index contributed by atoms with van der Waals surface area (Å²) in [4.78, 5) is 2.48. The fraction of sp³-hybridized carbons (Fsp3) is 0.0370. The highest BCUT2D eigenvalue weighted by atomic mass is 16.3. The van der Waals surface area contributed by atoms with Gasteiger partial charge in [-0.15, -0.1) is 0 Å². The molecular formula is C54H34N2O2. The third-order valence-corrected chi connectivity index (χ3v) is 12.5. The molecule has 1 aliphatic heterocycles. The van der Waals surface area contributed by atoms with Crippen molar-refractivity contribution in [2.24, 2.45) is 0 Å². The molecule has 4 nitrogen and oxygen atoms in total. The van der Waals surface area contributed by atoms with Crippen molar-refractivity contribution in [2.75, 3.05) is 4.90 Å². The van der Waals surface area contributed by atoms with Gasteiger partial charge in [0.05, 0.1) is 17.1 Å². The van der Waals surface area contributed by atoms with Crippen molar-refractivity contribution < 1.29 is 8.83 Å². The highest BCUT2D eigenvalue weighted by Gasteiger charge is 2.37. The lowest BCUT2D eigenvalue weighted by Gasteiger charge is -2.28. The van der Waals surface area contributed by atoms with Crippen molar-refractivity contribution in [3.8, 4) is 27.9 Å². The van der Waals surface area contributed by atoms with Crippen LogP contribution in [0.25, 0.3) is 93.6 Å². The first-order valence-electron chi connectivity index (χ1n) is 20.0. The lowest BCUT2D eigenvalue weighted by molar-refractivity contribution is 0.669. The molecule has 11 aromatic rings. The Morgan fingerprint density at radius 2 is 0.966 bits per heavy atom. The number of allylic oxidation sites excluding steroid dienone is 2. The van der Waals surface area contributed by atoms with Gasteiger partial charge in [-0.05, 0) is 77.4 Å². The Bertz CT molecular complexity index is 3500. The largest absolute Gasteiger partial charge is 0.455 e. The van der Waals surface area contributed by atoms with Crippen LogP contribution in [0.15, 0.2) is 203 Å². The monoisotopic (exact) mass is 742 g/mol. The van der Waals surface area contributed by atoms with Crippen LogP contribution < -0.4 is 4.90 Å². The molecule has 2 unspecified atom stereocenters. The number of benzene rings is 8. The van der Waals surface area contributed by atoms with E-state index in [1.54, 1.807) is 0 Å². The molecule has 0 saturated heterocycles. The Balaban J connectivity index is 0.909. The van der Waals surface area contributed by atoms with E-state index in [0.29, 0.717) is 5.92 Å². The molecule has 2 atom stereocenters. The van der Waals surface area contributed by atoms with E-state index in [9.17, 15) is 0 Å². The first-order chi connectivity index (χ1) is 28.8. The van der Waals surface area contributed by atoms with Gasteiger partial charge in [0.2, 0.25) is 0 Å². The Kier molecular flexibility index (Phi) is 6.53. The van der Waals surface area contributed by atoms with Crippen molar-refractivity contribution in [1.29, 1.82) is 0 Å². The van der Waals surface area contributed by atoms with Crippen molar-refractivity contribution in [1.82, 2.24) is 4.57 Å². The van der Waals surface area contributed by atoms with E-state index < -0.39 is 0 Å². The average Bonchev–Trinajstić information content (AvgIpc) is 4.04. The van der Waals surface area contributed by atoms with Crippen LogP contribution in [0.2, 0.25) is 0 Å². The zero-order chi connectivity index (χ0) is 37.9. The van der Waals surface area contributed by atoms with Crippen LogP contribution >= 0.6 is 0 Å². The van der Waals surface area contributed by atoms with Gasteiger partial charge in [-0.3, -0.25) is 0 Å². The standard InChI is InChI=1S/C54H34N2O2/c1-5-22-47-39(14-1)40-15-2-6-23-48(40)55(47)35-26-28-51-45(31-35)43-20-10-18-37(53(43)57-51)33-12-9-13-34(30-33)38-19-11-21-44-46-32-36(27-29-52(46)58-54(38)44)56-49-24-7-3-16-41(49)42-17-4-8-25-50(42)56/h1-32,39,47H. The second-order valence-corrected chi connectivity index (χ2v) is 15.6. The molecule has 3 aromatic heterocycles. The number of rotatable bonds is 4. The number of anilines is 2. The summed E-state index contributed by atoms with van der Waals surface area (Å²) in [6, 6.07) is 61.3. The van der Waals surface area contributed by atoms with E-state index in [-0.39, 0.29) is 6.04 Å². The highest BCUT2D eigenvalue weighted by molar-refractivity contribution is 6.13. The highest BCUT2D eigenvalue weighted by Crippen LogP contribution is 2.49. The molecule has 0 bridgehead atoms. The van der Waals surface area contributed by atoms with Gasteiger partial charge < -0.3 is 18.3 Å². The van der Waals surface area contributed by atoms with Crippen LogP contribution in [0.4, 0.5) is 11.4 Å². The van der Waals surface area contributed by atoms with Crippen molar-refractivity contribution in [2.45, 2.75) is 12.0 Å². The molecule has 13 rings (SSSR count). The van der Waals surface area contributed by atoms with Crippen LogP contribution in [0.5, 0.6) is 0 Å². The molecule has 0 amide bonds. The SMILES string of the molecule is C1=CC2c3ccccc3N(c3ccc4oc5c(-c6cccc(-c7cccc8c7oc7ccc(-n9c%10ccccc%10c%10ccccc%109)cc78)c6)cccc5c4c3)C2C=C1. The van der Waals surface area contributed by atoms with Crippen LogP contribution in [0.3, 0.4) is 0 Å². The molecular weight excluding hydrogens is 709 g/mol. The second-order valence-electron chi connectivity index (χ2n) is 15.6. The summed E-state index contributed by atoms with van der Waals surface area (Å²) < 4.78 is 15.8. The minimum atomic E-state index is 0.245. The van der Waals surface area contributed by atoms with Gasteiger partial charge in [0, 0.05) is 66.4 Å². The average molecular weight is 743 g/mol. The quantitative estimate of drug-likeness (QED) is 0.180. The topological polar surface area (TPSA) is 34.5 Å². The van der Waals surface area contributed by atoms with E-state index in [1.807, 2.05) is 0 Å². The Morgan fingerprint density at radius 1 is 0.414 bits per heavy atom. The van der Waals surface area contributed by atoms with Gasteiger partial charge in [0.1, 0.15) is 22.3 Å². The Hall–Kier alpha value is -7.56. The summed E-state index contributed by atoms with van der Waals surface area (Å²) in [5, 5.41) is 6.93. The van der Waals surface area contributed by atoms with E-state index in [0.717, 1.165) is 71.8 Å². The number of para-hydroxylation sites is 5. The van der Waals surface area contributed by atoms with Gasteiger partial charge in [-0.2, -0.15) is 0 Å². The van der Waals surface area contributed by atoms with Crippen molar-refractivity contribution in [3.63, 3.8) is 0 Å². The molecule has 2 aliphatic rings. The smallest absolute Gasteiger partial charge is 0.143 e. The molecule has 4 heterocycles. The molecule has 58 heavy (non-hydrogen) atoms. The second kappa shape index (κ2) is 12.0. The molecule has 0 N–H and O–H groups in total. The number of fused-ring (bicyclic) bond motifs is 12. The Labute approximate surface area is 333 Å². The van der Waals surface area contributed by atoms with Gasteiger partial charge in [0.15, 0.2) is 0 Å². The summed E-state index contributed by atoms with van der Waals surface area (Å²) in [6.45, 7) is 0. The predicted molar refractivity (Wildman–Crippen MR) is 240 cm³/mol. The van der Waals surface area contributed by atoms with Crippen LogP contribution in [-0.4, -0.2) is 10.6 Å². The maximum Gasteiger partial charge on any atom is 0.143 e. The van der Waals surface area contributed by atoms with Gasteiger partial charge >= 0.3 is 0 Å². The zero-order valence-corrected chi connectivity index (χ0v) is 31.3. The molecule has 0 fully saturated rings. The molecule has 1 aliphatic carbocycles. The van der Waals surface area contributed by atoms with Crippen molar-refractivity contribution >= 4 is 77.1 Å². The van der Waals surface area contributed by atoms with E-state index >= 15 is 0 Å². The summed E-state index contributed by atoms with van der Waals surface area (Å²) in [5.74, 6) is 0.339. The summed E-state index contributed by atoms with van der Waals surface area (Å²) in [5.41, 5.74) is 15.2. The Morgan fingerprint density at radius 3 is 1.66 bits per heavy atom. The molecule has 272 valence electrons. The predicted octanol–water partition coefficient (Wildman–Crippen LogP) is 14.6. The molecule has 0 radical (unpaired) electrons. The van der Waals surface area contributed by atoms with Crippen LogP contribution in [0.1, 0.15) is 11.5 Å². The number of furan rings is 2. The maximum absolute atomic E-state index is 6.72. The third-order valence-electron chi connectivity index (χ3n) is 12.5. The molecule has 8 aromatic carbocycles. The lowest BCUT2D eigenvalue weighted by Crippen LogP contribution is -2.28. The van der Waals surface area contributed by atoms with E-state index in [1.165, 1.54) is 38.7 Å². The molecule has 0 spiro atoms. The summed E-state index contributed by atoms with van der Waals surface area (Å²) >= 11 is 0. The van der Waals surface area contributed by atoms with E-state index in [4.69, 9.17) is 8.83 Å². The number of nitrogens with zero attached hydrogens (tertiary/aromatic N) is 2. The first-order valence-corrected chi connectivity index (χ1v) is 20.0. The molecule has 0 saturated carbocycles.